The maximum Gasteiger partial charge on any atom is 0.441 e. The summed E-state index contributed by atoms with van der Waals surface area (Å²) in [5.74, 6) is -0.00699. The molecule has 0 amide bonds. The molecule has 0 aromatic rings. The molecule has 2 N–H and O–H groups in total. The lowest BCUT2D eigenvalue weighted by Crippen LogP contribution is -2.40. The number of thiocarbonyl (C=S) groups is 1. The van der Waals surface area contributed by atoms with Gasteiger partial charge in [0, 0.05) is 12.3 Å². The van der Waals surface area contributed by atoms with Gasteiger partial charge in [0.1, 0.15) is 0 Å². The zero-order valence-corrected chi connectivity index (χ0v) is 9.60. The van der Waals surface area contributed by atoms with Crippen LogP contribution in [0, 0.1) is 0 Å². The Morgan fingerprint density at radius 3 is 2.43 bits per heavy atom. The fourth-order valence-electron chi connectivity index (χ4n) is 0.716. The highest BCUT2D eigenvalue weighted by Gasteiger charge is 2.27. The fraction of sp³-hybridized carbons (Fsp3) is 0.857. The van der Waals surface area contributed by atoms with E-state index in [4.69, 9.17) is 18.0 Å². The number of likely N-dealkylation sites (N-methyl/N-ethyl adjacent to an activating group) is 1. The molecule has 0 spiro atoms. The molecular weight excluding hydrogens is 233 g/mol. The topological polar surface area (TPSA) is 29.3 Å². The minimum Gasteiger partial charge on any atom is -0.392 e. The average molecular weight is 246 g/mol. The summed E-state index contributed by atoms with van der Waals surface area (Å²) in [6.45, 7) is 2.07. The molecule has 1 atom stereocenters. The van der Waals surface area contributed by atoms with E-state index in [1.165, 1.54) is 0 Å². The number of thioether (sulfide) groups is 1. The Bertz CT molecular complexity index is 196. The lowest BCUT2D eigenvalue weighted by atomic mass is 10.3. The van der Waals surface area contributed by atoms with Gasteiger partial charge < -0.3 is 5.73 Å². The van der Waals surface area contributed by atoms with Crippen LogP contribution >= 0.6 is 24.0 Å². The molecule has 7 heteroatoms. The van der Waals surface area contributed by atoms with Gasteiger partial charge in [0.25, 0.3) is 0 Å². The molecule has 0 radical (unpaired) electrons. The van der Waals surface area contributed by atoms with Crippen LogP contribution in [-0.2, 0) is 0 Å². The number of rotatable bonds is 5. The molecule has 0 rings (SSSR count). The summed E-state index contributed by atoms with van der Waals surface area (Å²) in [5.41, 5.74) is 1.20. The van der Waals surface area contributed by atoms with Crippen LogP contribution in [0.25, 0.3) is 0 Å². The van der Waals surface area contributed by atoms with Crippen LogP contribution in [0.3, 0.4) is 0 Å². The zero-order chi connectivity index (χ0) is 11.4. The van der Waals surface area contributed by atoms with Crippen molar-refractivity contribution in [2.75, 3.05) is 19.3 Å². The van der Waals surface area contributed by atoms with Crippen molar-refractivity contribution in [1.29, 1.82) is 0 Å². The SMILES string of the molecule is CC(C(N)=S)N(C)CCSC(F)(F)F. The van der Waals surface area contributed by atoms with Gasteiger partial charge in [0.05, 0.1) is 11.0 Å². The summed E-state index contributed by atoms with van der Waals surface area (Å²) in [6, 6.07) is -0.168. The van der Waals surface area contributed by atoms with Crippen molar-refractivity contribution < 1.29 is 13.2 Å². The molecule has 0 heterocycles. The van der Waals surface area contributed by atoms with E-state index >= 15 is 0 Å². The minimum absolute atomic E-state index is 0.00699. The van der Waals surface area contributed by atoms with Crippen molar-refractivity contribution in [3.05, 3.63) is 0 Å². The minimum atomic E-state index is -4.16. The summed E-state index contributed by atoms with van der Waals surface area (Å²) < 4.78 is 35.3. The van der Waals surface area contributed by atoms with Gasteiger partial charge in [-0.05, 0) is 25.7 Å². The first-order chi connectivity index (χ1) is 6.24. The molecule has 1 unspecified atom stereocenters. The summed E-state index contributed by atoms with van der Waals surface area (Å²) in [6.07, 6.45) is 0. The monoisotopic (exact) mass is 246 g/mol. The highest BCUT2D eigenvalue weighted by Crippen LogP contribution is 2.29. The first-order valence-electron chi connectivity index (χ1n) is 3.94. The number of halogens is 3. The van der Waals surface area contributed by atoms with E-state index in [9.17, 15) is 13.2 Å². The third-order valence-electron chi connectivity index (χ3n) is 1.78. The second kappa shape index (κ2) is 5.77. The molecular formula is C7H13F3N2S2. The van der Waals surface area contributed by atoms with Gasteiger partial charge in [0.2, 0.25) is 0 Å². The quantitative estimate of drug-likeness (QED) is 0.750. The molecule has 0 saturated heterocycles. The summed E-state index contributed by atoms with van der Waals surface area (Å²) in [5, 5.41) is 0. The third-order valence-corrected chi connectivity index (χ3v) is 2.84. The van der Waals surface area contributed by atoms with E-state index < -0.39 is 5.51 Å². The Labute approximate surface area is 91.0 Å². The molecule has 0 fully saturated rings. The van der Waals surface area contributed by atoms with Crippen LogP contribution < -0.4 is 5.73 Å². The molecule has 2 nitrogen and oxygen atoms in total. The van der Waals surface area contributed by atoms with Gasteiger partial charge in [-0.2, -0.15) is 13.2 Å². The van der Waals surface area contributed by atoms with E-state index in [0.29, 0.717) is 11.5 Å². The van der Waals surface area contributed by atoms with Crippen LogP contribution in [0.5, 0.6) is 0 Å². The Morgan fingerprint density at radius 1 is 1.57 bits per heavy atom. The molecule has 14 heavy (non-hydrogen) atoms. The van der Waals surface area contributed by atoms with Crippen molar-refractivity contribution in [1.82, 2.24) is 4.90 Å². The maximum absolute atomic E-state index is 11.8. The van der Waals surface area contributed by atoms with Crippen molar-refractivity contribution in [3.63, 3.8) is 0 Å². The zero-order valence-electron chi connectivity index (χ0n) is 7.97. The second-order valence-corrected chi connectivity index (χ2v) is 4.48. The first kappa shape index (κ1) is 14.0. The number of alkyl halides is 3. The van der Waals surface area contributed by atoms with Crippen LogP contribution in [-0.4, -0.2) is 40.8 Å². The van der Waals surface area contributed by atoms with Gasteiger partial charge in [-0.3, -0.25) is 4.90 Å². The largest absolute Gasteiger partial charge is 0.441 e. The molecule has 0 saturated carbocycles. The normalized spacial score (nSPS) is 14.4. The molecule has 0 aliphatic heterocycles. The van der Waals surface area contributed by atoms with Crippen molar-refractivity contribution in [2.24, 2.45) is 5.73 Å². The third kappa shape index (κ3) is 6.44. The number of nitrogens with zero attached hydrogens (tertiary/aromatic N) is 1. The Hall–Kier alpha value is -0.0100. The van der Waals surface area contributed by atoms with Gasteiger partial charge in [-0.25, -0.2) is 0 Å². The Balaban J connectivity index is 3.75. The first-order valence-corrected chi connectivity index (χ1v) is 5.33. The molecule has 0 aliphatic rings. The smallest absolute Gasteiger partial charge is 0.392 e. The van der Waals surface area contributed by atoms with Gasteiger partial charge in [0.15, 0.2) is 0 Å². The van der Waals surface area contributed by atoms with Crippen LogP contribution in [0.4, 0.5) is 13.2 Å². The van der Waals surface area contributed by atoms with Gasteiger partial charge in [-0.1, -0.05) is 12.2 Å². The predicted octanol–water partition coefficient (Wildman–Crippen LogP) is 1.85. The van der Waals surface area contributed by atoms with Crippen LogP contribution in [0.1, 0.15) is 6.92 Å². The van der Waals surface area contributed by atoms with E-state index in [2.05, 4.69) is 0 Å². The van der Waals surface area contributed by atoms with Gasteiger partial charge >= 0.3 is 5.51 Å². The molecule has 0 aliphatic carbocycles. The lowest BCUT2D eigenvalue weighted by molar-refractivity contribution is -0.0328. The average Bonchev–Trinajstić information content (AvgIpc) is 2.00. The van der Waals surface area contributed by atoms with E-state index in [1.54, 1.807) is 18.9 Å². The van der Waals surface area contributed by atoms with Crippen molar-refractivity contribution in [2.45, 2.75) is 18.5 Å². The predicted molar refractivity (Wildman–Crippen MR) is 57.4 cm³/mol. The number of hydrogen-bond donors (Lipinski definition) is 1. The maximum atomic E-state index is 11.8. The number of nitrogens with two attached hydrogens (primary N) is 1. The Kier molecular flexibility index (Phi) is 5.77. The highest BCUT2D eigenvalue weighted by atomic mass is 32.2. The summed E-state index contributed by atoms with van der Waals surface area (Å²) in [7, 11) is 1.70. The lowest BCUT2D eigenvalue weighted by Gasteiger charge is -2.23. The van der Waals surface area contributed by atoms with Crippen molar-refractivity contribution >= 4 is 29.0 Å². The summed E-state index contributed by atoms with van der Waals surface area (Å²) in [4.78, 5) is 1.99. The number of hydrogen-bond acceptors (Lipinski definition) is 3. The Morgan fingerprint density at radius 2 is 2.07 bits per heavy atom. The standard InChI is InChI=1S/C7H13F3N2S2/c1-5(6(11)13)12(2)3-4-14-7(8,9)10/h5H,3-4H2,1-2H3,(H2,11,13). The molecule has 84 valence electrons. The van der Waals surface area contributed by atoms with Gasteiger partial charge in [-0.15, -0.1) is 0 Å². The van der Waals surface area contributed by atoms with Crippen LogP contribution in [0.15, 0.2) is 0 Å². The van der Waals surface area contributed by atoms with E-state index in [1.807, 2.05) is 0 Å². The van der Waals surface area contributed by atoms with E-state index in [-0.39, 0.29) is 23.6 Å². The molecule has 0 bridgehead atoms. The summed E-state index contributed by atoms with van der Waals surface area (Å²) >= 11 is 4.69. The van der Waals surface area contributed by atoms with Crippen LogP contribution in [0.2, 0.25) is 0 Å². The second-order valence-electron chi connectivity index (χ2n) is 2.85. The molecule has 0 aromatic carbocycles. The highest BCUT2D eigenvalue weighted by molar-refractivity contribution is 8.00. The molecule has 0 aromatic heterocycles. The fourth-order valence-corrected chi connectivity index (χ4v) is 1.51. The van der Waals surface area contributed by atoms with E-state index in [0.717, 1.165) is 0 Å². The van der Waals surface area contributed by atoms with Crippen molar-refractivity contribution in [3.8, 4) is 0 Å².